The van der Waals surface area contributed by atoms with Crippen LogP contribution in [0.15, 0.2) is 0 Å². The van der Waals surface area contributed by atoms with E-state index < -0.39 is 17.6 Å². The van der Waals surface area contributed by atoms with E-state index in [0.29, 0.717) is 19.4 Å². The van der Waals surface area contributed by atoms with Crippen molar-refractivity contribution in [3.63, 3.8) is 0 Å². The maximum Gasteiger partial charge on any atom is 0.407 e. The van der Waals surface area contributed by atoms with Gasteiger partial charge in [0.25, 0.3) is 0 Å². The van der Waals surface area contributed by atoms with Gasteiger partial charge in [-0.15, -0.1) is 0 Å². The standard InChI is InChI=1S/C7H10ClNO4/c8-6(10)13-5-2-1-3-9(4-5)7(11)12/h5H,1-4H2,(H,11,12)/t5-/m0/s1. The predicted octanol–water partition coefficient (Wildman–Crippen LogP) is 1.50. The fourth-order valence-electron chi connectivity index (χ4n) is 1.34. The van der Waals surface area contributed by atoms with Gasteiger partial charge in [0, 0.05) is 18.1 Å². The van der Waals surface area contributed by atoms with Crippen molar-refractivity contribution >= 4 is 23.1 Å². The van der Waals surface area contributed by atoms with Gasteiger partial charge in [-0.3, -0.25) is 0 Å². The van der Waals surface area contributed by atoms with Gasteiger partial charge in [0.1, 0.15) is 6.10 Å². The average molecular weight is 208 g/mol. The molecule has 0 bridgehead atoms. The predicted molar refractivity (Wildman–Crippen MR) is 45.0 cm³/mol. The Labute approximate surface area is 80.2 Å². The number of piperidine rings is 1. The third-order valence-electron chi connectivity index (χ3n) is 1.91. The molecule has 5 nitrogen and oxygen atoms in total. The molecule has 1 N–H and O–H groups in total. The number of hydrogen-bond donors (Lipinski definition) is 1. The molecule has 6 heteroatoms. The highest BCUT2D eigenvalue weighted by Crippen LogP contribution is 2.14. The molecule has 0 saturated carbocycles. The number of likely N-dealkylation sites (tertiary alicyclic amines) is 1. The molecule has 0 aromatic carbocycles. The summed E-state index contributed by atoms with van der Waals surface area (Å²) >= 11 is 5.01. The van der Waals surface area contributed by atoms with E-state index >= 15 is 0 Å². The fourth-order valence-corrected chi connectivity index (χ4v) is 1.47. The van der Waals surface area contributed by atoms with Crippen molar-refractivity contribution in [3.8, 4) is 0 Å². The first-order chi connectivity index (χ1) is 6.09. The van der Waals surface area contributed by atoms with Crippen molar-refractivity contribution in [2.45, 2.75) is 18.9 Å². The second-order valence-corrected chi connectivity index (χ2v) is 3.16. The molecule has 0 radical (unpaired) electrons. The Morgan fingerprint density at radius 3 is 2.77 bits per heavy atom. The van der Waals surface area contributed by atoms with Gasteiger partial charge >= 0.3 is 11.5 Å². The smallest absolute Gasteiger partial charge is 0.407 e. The molecule has 0 unspecified atom stereocenters. The maximum absolute atomic E-state index is 10.5. The molecule has 0 aromatic heterocycles. The van der Waals surface area contributed by atoms with E-state index in [4.69, 9.17) is 21.4 Å². The second-order valence-electron chi connectivity index (χ2n) is 2.85. The van der Waals surface area contributed by atoms with Crippen molar-refractivity contribution in [2.75, 3.05) is 13.1 Å². The molecule has 1 aliphatic heterocycles. The monoisotopic (exact) mass is 207 g/mol. The van der Waals surface area contributed by atoms with Crippen molar-refractivity contribution in [2.24, 2.45) is 0 Å². The average Bonchev–Trinajstić information content (AvgIpc) is 2.03. The molecule has 1 heterocycles. The molecular formula is C7H10ClNO4. The number of carboxylic acid groups (broad SMARTS) is 1. The maximum atomic E-state index is 10.5. The Kier molecular flexibility index (Phi) is 3.36. The van der Waals surface area contributed by atoms with Crippen LogP contribution in [-0.2, 0) is 4.74 Å². The summed E-state index contributed by atoms with van der Waals surface area (Å²) in [5.41, 5.74) is -0.878. The zero-order chi connectivity index (χ0) is 9.84. The molecule has 13 heavy (non-hydrogen) atoms. The fraction of sp³-hybridized carbons (Fsp3) is 0.714. The first kappa shape index (κ1) is 10.1. The SMILES string of the molecule is O=C(Cl)O[C@H]1CCCN(C(=O)O)C1. The summed E-state index contributed by atoms with van der Waals surface area (Å²) in [6.45, 7) is 0.708. The van der Waals surface area contributed by atoms with Crippen LogP contribution in [0, 0.1) is 0 Å². The number of halogens is 1. The molecule has 1 rings (SSSR count). The Bertz CT molecular complexity index is 221. The second kappa shape index (κ2) is 4.32. The lowest BCUT2D eigenvalue weighted by atomic mass is 10.1. The van der Waals surface area contributed by atoms with E-state index in [2.05, 4.69) is 0 Å². The van der Waals surface area contributed by atoms with Gasteiger partial charge in [-0.25, -0.2) is 9.59 Å². The third kappa shape index (κ3) is 3.10. The summed E-state index contributed by atoms with van der Waals surface area (Å²) < 4.78 is 4.69. The van der Waals surface area contributed by atoms with E-state index in [1.165, 1.54) is 4.90 Å². The summed E-state index contributed by atoms with van der Waals surface area (Å²) in [6, 6.07) is 0. The lowest BCUT2D eigenvalue weighted by Crippen LogP contribution is -2.42. The molecule has 0 aliphatic carbocycles. The Balaban J connectivity index is 2.41. The number of amides is 1. The number of nitrogens with zero attached hydrogens (tertiary/aromatic N) is 1. The van der Waals surface area contributed by atoms with Crippen LogP contribution in [0.4, 0.5) is 9.59 Å². The summed E-state index contributed by atoms with van der Waals surface area (Å²) in [5, 5.41) is 8.64. The zero-order valence-corrected chi connectivity index (χ0v) is 7.66. The van der Waals surface area contributed by atoms with Gasteiger partial charge in [0.15, 0.2) is 0 Å². The van der Waals surface area contributed by atoms with Crippen molar-refractivity contribution < 1.29 is 19.4 Å². The molecule has 0 aromatic rings. The van der Waals surface area contributed by atoms with Crippen LogP contribution in [0.2, 0.25) is 0 Å². The van der Waals surface area contributed by atoms with Crippen LogP contribution in [-0.4, -0.2) is 40.7 Å². The van der Waals surface area contributed by atoms with Gasteiger partial charge < -0.3 is 14.7 Å². The van der Waals surface area contributed by atoms with E-state index in [9.17, 15) is 9.59 Å². The molecule has 1 aliphatic rings. The minimum Gasteiger partial charge on any atom is -0.465 e. The highest BCUT2D eigenvalue weighted by Gasteiger charge is 2.25. The normalized spacial score (nSPS) is 22.5. The highest BCUT2D eigenvalue weighted by molar-refractivity contribution is 6.61. The highest BCUT2D eigenvalue weighted by atomic mass is 35.5. The molecule has 74 valence electrons. The quantitative estimate of drug-likeness (QED) is 0.662. The lowest BCUT2D eigenvalue weighted by Gasteiger charge is -2.29. The molecular weight excluding hydrogens is 198 g/mol. The van der Waals surface area contributed by atoms with Gasteiger partial charge in [-0.2, -0.15) is 0 Å². The topological polar surface area (TPSA) is 66.8 Å². The van der Waals surface area contributed by atoms with Crippen LogP contribution >= 0.6 is 11.6 Å². The van der Waals surface area contributed by atoms with Crippen molar-refractivity contribution in [3.05, 3.63) is 0 Å². The first-order valence-corrected chi connectivity index (χ1v) is 4.31. The summed E-state index contributed by atoms with van der Waals surface area (Å²) in [7, 11) is 0. The van der Waals surface area contributed by atoms with Gasteiger partial charge in [-0.1, -0.05) is 0 Å². The molecule has 1 amide bonds. The Morgan fingerprint density at radius 2 is 2.23 bits per heavy atom. The van der Waals surface area contributed by atoms with Crippen LogP contribution in [0.1, 0.15) is 12.8 Å². The number of hydrogen-bond acceptors (Lipinski definition) is 3. The van der Waals surface area contributed by atoms with Crippen LogP contribution in [0.25, 0.3) is 0 Å². The Morgan fingerprint density at radius 1 is 1.54 bits per heavy atom. The van der Waals surface area contributed by atoms with Crippen LogP contribution in [0.5, 0.6) is 0 Å². The molecule has 0 spiro atoms. The van der Waals surface area contributed by atoms with Crippen molar-refractivity contribution in [1.82, 2.24) is 4.90 Å². The zero-order valence-electron chi connectivity index (χ0n) is 6.90. The van der Waals surface area contributed by atoms with E-state index in [-0.39, 0.29) is 6.54 Å². The van der Waals surface area contributed by atoms with Gasteiger partial charge in [0.2, 0.25) is 0 Å². The lowest BCUT2D eigenvalue weighted by molar-refractivity contribution is 0.0543. The van der Waals surface area contributed by atoms with Crippen molar-refractivity contribution in [1.29, 1.82) is 0 Å². The molecule has 1 atom stereocenters. The Hall–Kier alpha value is -0.970. The van der Waals surface area contributed by atoms with Crippen LogP contribution in [0.3, 0.4) is 0 Å². The van der Waals surface area contributed by atoms with E-state index in [1.54, 1.807) is 0 Å². The van der Waals surface area contributed by atoms with Crippen LogP contribution < -0.4 is 0 Å². The number of ether oxygens (including phenoxy) is 1. The van der Waals surface area contributed by atoms with Gasteiger partial charge in [0.05, 0.1) is 6.54 Å². The summed E-state index contributed by atoms with van der Waals surface area (Å²) in [5.74, 6) is 0. The number of carbonyl (C=O) groups is 2. The largest absolute Gasteiger partial charge is 0.465 e. The summed E-state index contributed by atoms with van der Waals surface area (Å²) in [4.78, 5) is 22.1. The summed E-state index contributed by atoms with van der Waals surface area (Å²) in [6.07, 6.45) is -0.0196. The number of carbonyl (C=O) groups excluding carboxylic acids is 1. The van der Waals surface area contributed by atoms with Gasteiger partial charge in [-0.05, 0) is 12.8 Å². The number of rotatable bonds is 1. The van der Waals surface area contributed by atoms with E-state index in [0.717, 1.165) is 0 Å². The molecule has 1 saturated heterocycles. The molecule has 1 fully saturated rings. The third-order valence-corrected chi connectivity index (χ3v) is 2.00. The van der Waals surface area contributed by atoms with E-state index in [1.807, 2.05) is 0 Å². The first-order valence-electron chi connectivity index (χ1n) is 3.93. The minimum absolute atomic E-state index is 0.216. The minimum atomic E-state index is -0.990.